The van der Waals surface area contributed by atoms with Gasteiger partial charge in [0.1, 0.15) is 0 Å². The Labute approximate surface area is 125 Å². The second kappa shape index (κ2) is 9.07. The Morgan fingerprint density at radius 1 is 1.05 bits per heavy atom. The van der Waals surface area contributed by atoms with Crippen molar-refractivity contribution in [2.24, 2.45) is 0 Å². The van der Waals surface area contributed by atoms with E-state index in [1.165, 1.54) is 21.3 Å². The van der Waals surface area contributed by atoms with Crippen LogP contribution in [0.15, 0.2) is 12.1 Å². The Morgan fingerprint density at radius 3 is 2.33 bits per heavy atom. The summed E-state index contributed by atoms with van der Waals surface area (Å²) in [5.74, 6) is 1.13. The van der Waals surface area contributed by atoms with Crippen LogP contribution in [-0.4, -0.2) is 46.9 Å². The maximum absolute atomic E-state index is 12.2. The monoisotopic (exact) mass is 296 g/mol. The van der Waals surface area contributed by atoms with Crippen molar-refractivity contribution in [3.63, 3.8) is 0 Å². The lowest BCUT2D eigenvalue weighted by molar-refractivity contribution is 0.0949. The molecule has 0 heterocycles. The summed E-state index contributed by atoms with van der Waals surface area (Å²) in [7, 11) is 4.55. The van der Waals surface area contributed by atoms with Crippen LogP contribution < -0.4 is 24.8 Å². The van der Waals surface area contributed by atoms with E-state index in [2.05, 4.69) is 10.6 Å². The number of benzene rings is 1. The van der Waals surface area contributed by atoms with Crippen molar-refractivity contribution in [2.75, 3.05) is 41.0 Å². The van der Waals surface area contributed by atoms with E-state index in [0.717, 1.165) is 19.5 Å². The number of hydrogen-bond donors (Lipinski definition) is 2. The van der Waals surface area contributed by atoms with Gasteiger partial charge in [0, 0.05) is 6.54 Å². The summed E-state index contributed by atoms with van der Waals surface area (Å²) < 4.78 is 15.8. The van der Waals surface area contributed by atoms with Crippen molar-refractivity contribution in [2.45, 2.75) is 13.3 Å². The average Bonchev–Trinajstić information content (AvgIpc) is 2.52. The van der Waals surface area contributed by atoms with E-state index >= 15 is 0 Å². The van der Waals surface area contributed by atoms with Gasteiger partial charge < -0.3 is 24.8 Å². The lowest BCUT2D eigenvalue weighted by Gasteiger charge is -2.15. The van der Waals surface area contributed by atoms with Gasteiger partial charge in [0.05, 0.1) is 26.9 Å². The molecule has 1 rings (SSSR count). The number of ether oxygens (including phenoxy) is 3. The normalized spacial score (nSPS) is 10.1. The SMILES string of the molecule is CCNCCCNC(=O)c1ccc(OC)c(OC)c1OC. The summed E-state index contributed by atoms with van der Waals surface area (Å²) in [5.41, 5.74) is 0.429. The van der Waals surface area contributed by atoms with Gasteiger partial charge in [-0.05, 0) is 31.6 Å². The maximum atomic E-state index is 12.2. The van der Waals surface area contributed by atoms with E-state index in [9.17, 15) is 4.79 Å². The van der Waals surface area contributed by atoms with Gasteiger partial charge in [-0.15, -0.1) is 0 Å². The zero-order chi connectivity index (χ0) is 15.7. The molecule has 0 bridgehead atoms. The lowest BCUT2D eigenvalue weighted by atomic mass is 10.1. The minimum Gasteiger partial charge on any atom is -0.493 e. The fourth-order valence-electron chi connectivity index (χ4n) is 1.97. The first-order chi connectivity index (χ1) is 10.2. The standard InChI is InChI=1S/C15H24N2O4/c1-5-16-9-6-10-17-15(18)11-7-8-12(19-2)14(21-4)13(11)20-3/h7-8,16H,5-6,9-10H2,1-4H3,(H,17,18). The van der Waals surface area contributed by atoms with Crippen molar-refractivity contribution < 1.29 is 19.0 Å². The summed E-state index contributed by atoms with van der Waals surface area (Å²) in [4.78, 5) is 12.2. The van der Waals surface area contributed by atoms with E-state index < -0.39 is 0 Å². The number of amides is 1. The summed E-state index contributed by atoms with van der Waals surface area (Å²) in [6.45, 7) is 4.45. The molecule has 0 saturated heterocycles. The molecule has 0 aliphatic heterocycles. The van der Waals surface area contributed by atoms with E-state index in [4.69, 9.17) is 14.2 Å². The zero-order valence-corrected chi connectivity index (χ0v) is 13.1. The highest BCUT2D eigenvalue weighted by Crippen LogP contribution is 2.39. The minimum absolute atomic E-state index is 0.190. The molecule has 2 N–H and O–H groups in total. The Bertz CT molecular complexity index is 463. The molecular formula is C15H24N2O4. The topological polar surface area (TPSA) is 68.8 Å². The summed E-state index contributed by atoms with van der Waals surface area (Å²) in [5, 5.41) is 6.07. The second-order valence-corrected chi connectivity index (χ2v) is 4.34. The third kappa shape index (κ3) is 4.53. The predicted molar refractivity (Wildman–Crippen MR) is 81.6 cm³/mol. The zero-order valence-electron chi connectivity index (χ0n) is 13.1. The highest BCUT2D eigenvalue weighted by molar-refractivity contribution is 5.98. The first-order valence-corrected chi connectivity index (χ1v) is 6.97. The van der Waals surface area contributed by atoms with Crippen LogP contribution in [0.5, 0.6) is 17.2 Å². The van der Waals surface area contributed by atoms with Crippen molar-refractivity contribution in [1.29, 1.82) is 0 Å². The van der Waals surface area contributed by atoms with Crippen molar-refractivity contribution in [3.8, 4) is 17.2 Å². The van der Waals surface area contributed by atoms with Gasteiger partial charge in [-0.25, -0.2) is 0 Å². The van der Waals surface area contributed by atoms with E-state index in [-0.39, 0.29) is 5.91 Å². The number of methoxy groups -OCH3 is 3. The predicted octanol–water partition coefficient (Wildman–Crippen LogP) is 1.44. The minimum atomic E-state index is -0.190. The molecule has 1 amide bonds. The summed E-state index contributed by atoms with van der Waals surface area (Å²) in [6.07, 6.45) is 0.870. The van der Waals surface area contributed by atoms with E-state index in [1.54, 1.807) is 12.1 Å². The van der Waals surface area contributed by atoms with Crippen LogP contribution >= 0.6 is 0 Å². The number of rotatable bonds is 9. The van der Waals surface area contributed by atoms with Crippen molar-refractivity contribution in [3.05, 3.63) is 17.7 Å². The molecule has 118 valence electrons. The van der Waals surface area contributed by atoms with Crippen molar-refractivity contribution >= 4 is 5.91 Å². The number of carbonyl (C=O) groups is 1. The molecule has 21 heavy (non-hydrogen) atoms. The average molecular weight is 296 g/mol. The third-order valence-electron chi connectivity index (χ3n) is 3.01. The first kappa shape index (κ1) is 17.1. The van der Waals surface area contributed by atoms with E-state index in [0.29, 0.717) is 29.4 Å². The van der Waals surface area contributed by atoms with Crippen LogP contribution in [0, 0.1) is 0 Å². The molecule has 0 aliphatic carbocycles. The number of nitrogens with one attached hydrogen (secondary N) is 2. The van der Waals surface area contributed by atoms with Gasteiger partial charge in [0.15, 0.2) is 11.5 Å². The molecule has 0 radical (unpaired) electrons. The molecule has 0 aliphatic rings. The molecule has 6 heteroatoms. The Kier molecular flexibility index (Phi) is 7.39. The smallest absolute Gasteiger partial charge is 0.255 e. The largest absolute Gasteiger partial charge is 0.493 e. The van der Waals surface area contributed by atoms with Gasteiger partial charge in [-0.1, -0.05) is 6.92 Å². The molecule has 1 aromatic rings. The molecule has 0 atom stereocenters. The first-order valence-electron chi connectivity index (χ1n) is 6.97. The van der Waals surface area contributed by atoms with E-state index in [1.807, 2.05) is 6.92 Å². The van der Waals surface area contributed by atoms with Crippen LogP contribution in [0.1, 0.15) is 23.7 Å². The Hall–Kier alpha value is -1.95. The second-order valence-electron chi connectivity index (χ2n) is 4.34. The Balaban J connectivity index is 2.79. The molecule has 0 saturated carbocycles. The summed E-state index contributed by atoms with van der Waals surface area (Å²) in [6, 6.07) is 3.36. The van der Waals surface area contributed by atoms with Crippen LogP contribution in [0.2, 0.25) is 0 Å². The molecule has 0 aromatic heterocycles. The molecule has 6 nitrogen and oxygen atoms in total. The molecular weight excluding hydrogens is 272 g/mol. The highest BCUT2D eigenvalue weighted by Gasteiger charge is 2.20. The maximum Gasteiger partial charge on any atom is 0.255 e. The van der Waals surface area contributed by atoms with Crippen LogP contribution in [0.25, 0.3) is 0 Å². The highest BCUT2D eigenvalue weighted by atomic mass is 16.5. The quantitative estimate of drug-likeness (QED) is 0.675. The fraction of sp³-hybridized carbons (Fsp3) is 0.533. The van der Waals surface area contributed by atoms with Gasteiger partial charge in [-0.2, -0.15) is 0 Å². The van der Waals surface area contributed by atoms with Crippen LogP contribution in [0.3, 0.4) is 0 Å². The van der Waals surface area contributed by atoms with Gasteiger partial charge in [0.2, 0.25) is 5.75 Å². The van der Waals surface area contributed by atoms with Gasteiger partial charge in [-0.3, -0.25) is 4.79 Å². The van der Waals surface area contributed by atoms with Gasteiger partial charge in [0.25, 0.3) is 5.91 Å². The molecule has 0 spiro atoms. The molecule has 1 aromatic carbocycles. The Morgan fingerprint density at radius 2 is 1.76 bits per heavy atom. The van der Waals surface area contributed by atoms with Crippen molar-refractivity contribution in [1.82, 2.24) is 10.6 Å². The third-order valence-corrected chi connectivity index (χ3v) is 3.01. The molecule has 0 unspecified atom stereocenters. The van der Waals surface area contributed by atoms with Crippen LogP contribution in [-0.2, 0) is 0 Å². The van der Waals surface area contributed by atoms with Crippen LogP contribution in [0.4, 0.5) is 0 Å². The van der Waals surface area contributed by atoms with Gasteiger partial charge >= 0.3 is 0 Å². The molecule has 0 fully saturated rings. The number of carbonyl (C=O) groups excluding carboxylic acids is 1. The number of hydrogen-bond acceptors (Lipinski definition) is 5. The lowest BCUT2D eigenvalue weighted by Crippen LogP contribution is -2.27. The fourth-order valence-corrected chi connectivity index (χ4v) is 1.97. The summed E-state index contributed by atoms with van der Waals surface area (Å²) >= 11 is 0.